The van der Waals surface area contributed by atoms with Crippen LogP contribution in [0.15, 0.2) is 36.5 Å². The van der Waals surface area contributed by atoms with Crippen molar-refractivity contribution in [2.75, 3.05) is 13.2 Å². The lowest BCUT2D eigenvalue weighted by molar-refractivity contribution is -0.143. The third-order valence-electron chi connectivity index (χ3n) is 16.2. The minimum atomic E-state index is -0.844. The standard InChI is InChI=1S/C71H135NO5/c1-3-5-7-9-11-13-15-17-18-36-40-43-47-51-55-59-63-69(74)68(67-73)72-70(75)64-60-56-52-48-44-41-37-34-32-30-28-26-24-22-20-19-21-23-25-27-29-31-33-35-38-42-46-50-54-58-62-66-77-71(76)65-61-57-53-49-45-39-16-14-12-10-8-6-4-2/h21,23,27,29,59,63,68-69,73-74H,3-20,22,24-26,28,30-58,60-62,64-67H2,1-2H3,(H,72,75)/b23-21-,29-27-,63-59+. The molecule has 77 heavy (non-hydrogen) atoms. The second-order valence-corrected chi connectivity index (χ2v) is 23.9. The lowest BCUT2D eigenvalue weighted by Crippen LogP contribution is -2.45. The number of ether oxygens (including phenoxy) is 1. The van der Waals surface area contributed by atoms with Crippen LogP contribution in [0.5, 0.6) is 0 Å². The molecule has 2 unspecified atom stereocenters. The van der Waals surface area contributed by atoms with Crippen LogP contribution in [0, 0.1) is 0 Å². The van der Waals surface area contributed by atoms with Crippen LogP contribution >= 0.6 is 0 Å². The van der Waals surface area contributed by atoms with Gasteiger partial charge in [0.15, 0.2) is 0 Å². The predicted octanol–water partition coefficient (Wildman–Crippen LogP) is 22.3. The number of carbonyl (C=O) groups is 2. The van der Waals surface area contributed by atoms with Crippen molar-refractivity contribution in [1.82, 2.24) is 5.32 Å². The average Bonchev–Trinajstić information content (AvgIpc) is 3.43. The van der Waals surface area contributed by atoms with E-state index >= 15 is 0 Å². The molecule has 0 heterocycles. The smallest absolute Gasteiger partial charge is 0.305 e. The molecular weight excluding hydrogens is 947 g/mol. The van der Waals surface area contributed by atoms with E-state index in [0.29, 0.717) is 19.4 Å². The van der Waals surface area contributed by atoms with Crippen LogP contribution in [0.3, 0.4) is 0 Å². The van der Waals surface area contributed by atoms with Crippen molar-refractivity contribution in [3.8, 4) is 0 Å². The fourth-order valence-electron chi connectivity index (χ4n) is 10.8. The topological polar surface area (TPSA) is 95.9 Å². The normalized spacial score (nSPS) is 12.7. The number of rotatable bonds is 65. The summed E-state index contributed by atoms with van der Waals surface area (Å²) >= 11 is 0. The molecule has 0 aliphatic rings. The number of aliphatic hydroxyl groups is 2. The lowest BCUT2D eigenvalue weighted by Gasteiger charge is -2.20. The van der Waals surface area contributed by atoms with Crippen molar-refractivity contribution >= 4 is 11.9 Å². The van der Waals surface area contributed by atoms with Gasteiger partial charge in [0.05, 0.1) is 25.4 Å². The molecule has 0 spiro atoms. The molecule has 0 aromatic carbocycles. The van der Waals surface area contributed by atoms with Gasteiger partial charge in [-0.25, -0.2) is 0 Å². The maximum atomic E-state index is 12.5. The Labute approximate surface area is 481 Å². The van der Waals surface area contributed by atoms with E-state index in [0.717, 1.165) is 44.9 Å². The largest absolute Gasteiger partial charge is 0.466 e. The van der Waals surface area contributed by atoms with Crippen molar-refractivity contribution in [2.24, 2.45) is 0 Å². The Bertz CT molecular complexity index is 1250. The quantitative estimate of drug-likeness (QED) is 0.0320. The Morgan fingerprint density at radius 3 is 0.987 bits per heavy atom. The average molecular weight is 1080 g/mol. The summed E-state index contributed by atoms with van der Waals surface area (Å²) in [5.41, 5.74) is 0. The molecule has 0 aliphatic carbocycles. The van der Waals surface area contributed by atoms with E-state index in [4.69, 9.17) is 4.74 Å². The zero-order chi connectivity index (χ0) is 55.7. The van der Waals surface area contributed by atoms with Crippen molar-refractivity contribution in [2.45, 2.75) is 392 Å². The molecule has 6 nitrogen and oxygen atoms in total. The maximum absolute atomic E-state index is 12.5. The fraction of sp³-hybridized carbons (Fsp3) is 0.887. The van der Waals surface area contributed by atoms with Gasteiger partial charge in [-0.2, -0.15) is 0 Å². The van der Waals surface area contributed by atoms with E-state index in [2.05, 4.69) is 43.5 Å². The molecular formula is C71H135NO5. The maximum Gasteiger partial charge on any atom is 0.305 e. The molecule has 0 fully saturated rings. The van der Waals surface area contributed by atoms with Gasteiger partial charge in [0, 0.05) is 12.8 Å². The molecule has 0 bridgehead atoms. The minimum absolute atomic E-state index is 0.0147. The van der Waals surface area contributed by atoms with E-state index in [9.17, 15) is 19.8 Å². The molecule has 6 heteroatoms. The minimum Gasteiger partial charge on any atom is -0.466 e. The van der Waals surface area contributed by atoms with E-state index in [1.165, 1.54) is 308 Å². The molecule has 0 aliphatic heterocycles. The number of nitrogens with one attached hydrogen (secondary N) is 1. The van der Waals surface area contributed by atoms with Crippen molar-refractivity contribution in [3.63, 3.8) is 0 Å². The second kappa shape index (κ2) is 66.6. The van der Waals surface area contributed by atoms with Gasteiger partial charge in [0.2, 0.25) is 5.91 Å². The van der Waals surface area contributed by atoms with Gasteiger partial charge in [0.1, 0.15) is 0 Å². The number of aliphatic hydroxyl groups excluding tert-OH is 2. The molecule has 0 aromatic heterocycles. The molecule has 1 amide bonds. The fourth-order valence-corrected chi connectivity index (χ4v) is 10.8. The zero-order valence-corrected chi connectivity index (χ0v) is 52.0. The highest BCUT2D eigenvalue weighted by Crippen LogP contribution is 2.18. The molecule has 0 aromatic rings. The van der Waals surface area contributed by atoms with Crippen LogP contribution < -0.4 is 5.32 Å². The molecule has 2 atom stereocenters. The first-order valence-electron chi connectivity index (χ1n) is 34.8. The number of amides is 1. The predicted molar refractivity (Wildman–Crippen MR) is 338 cm³/mol. The molecule has 0 saturated carbocycles. The van der Waals surface area contributed by atoms with Gasteiger partial charge in [-0.15, -0.1) is 0 Å². The van der Waals surface area contributed by atoms with E-state index in [1.54, 1.807) is 6.08 Å². The lowest BCUT2D eigenvalue weighted by atomic mass is 10.0. The summed E-state index contributed by atoms with van der Waals surface area (Å²) in [5, 5.41) is 23.2. The van der Waals surface area contributed by atoms with Crippen LogP contribution in [0.1, 0.15) is 380 Å². The SMILES string of the molecule is CCCCCCCCCCCCCCCC/C=C/C(O)C(CO)NC(=O)CCCCCCCCCCCCCCCCC/C=C\C/C=C\CCCCCCCCCCCOC(=O)CCCCCCCCCCCCCCC. The first kappa shape index (κ1) is 75.1. The van der Waals surface area contributed by atoms with Gasteiger partial charge in [0.25, 0.3) is 0 Å². The summed E-state index contributed by atoms with van der Waals surface area (Å²) in [7, 11) is 0. The number of hydrogen-bond donors (Lipinski definition) is 3. The van der Waals surface area contributed by atoms with E-state index in [1.807, 2.05) is 6.08 Å². The van der Waals surface area contributed by atoms with Crippen LogP contribution in [0.4, 0.5) is 0 Å². The number of unbranched alkanes of at least 4 members (excludes halogenated alkanes) is 50. The van der Waals surface area contributed by atoms with Crippen LogP contribution in [0.25, 0.3) is 0 Å². The first-order valence-corrected chi connectivity index (χ1v) is 34.8. The van der Waals surface area contributed by atoms with Crippen LogP contribution in [0.2, 0.25) is 0 Å². The second-order valence-electron chi connectivity index (χ2n) is 23.9. The zero-order valence-electron chi connectivity index (χ0n) is 52.0. The van der Waals surface area contributed by atoms with Gasteiger partial charge in [-0.3, -0.25) is 9.59 Å². The molecule has 0 rings (SSSR count). The Kier molecular flexibility index (Phi) is 64.9. The van der Waals surface area contributed by atoms with Crippen molar-refractivity contribution in [1.29, 1.82) is 0 Å². The Morgan fingerprint density at radius 2 is 0.649 bits per heavy atom. The Hall–Kier alpha value is -1.92. The van der Waals surface area contributed by atoms with Crippen molar-refractivity contribution in [3.05, 3.63) is 36.5 Å². The molecule has 0 saturated heterocycles. The number of hydrogen-bond acceptors (Lipinski definition) is 5. The molecule has 0 radical (unpaired) electrons. The molecule has 454 valence electrons. The highest BCUT2D eigenvalue weighted by Gasteiger charge is 2.18. The first-order chi connectivity index (χ1) is 38.0. The summed E-state index contributed by atoms with van der Waals surface area (Å²) in [6.07, 6.45) is 85.1. The van der Waals surface area contributed by atoms with Gasteiger partial charge >= 0.3 is 5.97 Å². The molecule has 3 N–H and O–H groups in total. The monoisotopic (exact) mass is 1080 g/mol. The Morgan fingerprint density at radius 1 is 0.364 bits per heavy atom. The van der Waals surface area contributed by atoms with E-state index in [-0.39, 0.29) is 18.5 Å². The summed E-state index contributed by atoms with van der Waals surface area (Å²) in [4.78, 5) is 24.5. The van der Waals surface area contributed by atoms with Crippen molar-refractivity contribution < 1.29 is 24.5 Å². The van der Waals surface area contributed by atoms with Gasteiger partial charge < -0.3 is 20.3 Å². The van der Waals surface area contributed by atoms with Gasteiger partial charge in [-0.05, 0) is 64.2 Å². The Balaban J connectivity index is 3.41. The third-order valence-corrected chi connectivity index (χ3v) is 16.2. The highest BCUT2D eigenvalue weighted by atomic mass is 16.5. The van der Waals surface area contributed by atoms with Crippen LogP contribution in [-0.2, 0) is 14.3 Å². The summed E-state index contributed by atoms with van der Waals surface area (Å²) in [5.74, 6) is -0.0503. The van der Waals surface area contributed by atoms with E-state index < -0.39 is 12.1 Å². The third kappa shape index (κ3) is 63.1. The summed E-state index contributed by atoms with van der Waals surface area (Å²) < 4.78 is 5.48. The highest BCUT2D eigenvalue weighted by molar-refractivity contribution is 5.76. The number of esters is 1. The number of allylic oxidation sites excluding steroid dienone is 5. The summed E-state index contributed by atoms with van der Waals surface area (Å²) in [6.45, 7) is 4.93. The van der Waals surface area contributed by atoms with Gasteiger partial charge in [-0.1, -0.05) is 339 Å². The number of carbonyl (C=O) groups excluding carboxylic acids is 2. The van der Waals surface area contributed by atoms with Crippen LogP contribution in [-0.4, -0.2) is 47.4 Å². The summed E-state index contributed by atoms with van der Waals surface area (Å²) in [6, 6.07) is -0.627.